The summed E-state index contributed by atoms with van der Waals surface area (Å²) in [7, 11) is 1.61. The van der Waals surface area contributed by atoms with Gasteiger partial charge in [0.2, 0.25) is 0 Å². The highest BCUT2D eigenvalue weighted by Crippen LogP contribution is 2.39. The summed E-state index contributed by atoms with van der Waals surface area (Å²) in [5.74, 6) is 1.60. The first-order valence-corrected chi connectivity index (χ1v) is 6.62. The molecule has 0 aromatic heterocycles. The zero-order valence-corrected chi connectivity index (χ0v) is 11.5. The van der Waals surface area contributed by atoms with Crippen LogP contribution >= 0.6 is 0 Å². The molecule has 1 saturated carbocycles. The van der Waals surface area contributed by atoms with Gasteiger partial charge in [-0.2, -0.15) is 5.26 Å². The Hall–Kier alpha value is -1.73. The lowest BCUT2D eigenvalue weighted by molar-refractivity contribution is 0.227. The maximum Gasteiger partial charge on any atom is 0.161 e. The van der Waals surface area contributed by atoms with Crippen LogP contribution in [0.15, 0.2) is 18.2 Å². The van der Waals surface area contributed by atoms with Crippen LogP contribution in [0, 0.1) is 17.2 Å². The molecule has 0 bridgehead atoms. The molecular weight excluding hydrogens is 240 g/mol. The monoisotopic (exact) mass is 260 g/mol. The molecule has 4 heteroatoms. The van der Waals surface area contributed by atoms with Crippen LogP contribution in [0.1, 0.15) is 25.3 Å². The number of ether oxygens (including phenoxy) is 2. The molecule has 0 aliphatic heterocycles. The molecule has 1 aliphatic carbocycles. The van der Waals surface area contributed by atoms with Gasteiger partial charge in [-0.3, -0.25) is 0 Å². The number of nitrogens with two attached hydrogens (primary N) is 1. The highest BCUT2D eigenvalue weighted by molar-refractivity contribution is 5.43. The number of nitrogens with zero attached hydrogens (tertiary/aromatic N) is 1. The van der Waals surface area contributed by atoms with Gasteiger partial charge in [-0.25, -0.2) is 0 Å². The minimum atomic E-state index is -0.881. The van der Waals surface area contributed by atoms with E-state index in [0.29, 0.717) is 11.5 Å². The summed E-state index contributed by atoms with van der Waals surface area (Å²) in [6.45, 7) is 2.29. The summed E-state index contributed by atoms with van der Waals surface area (Å²) >= 11 is 0. The molecule has 1 aromatic rings. The van der Waals surface area contributed by atoms with Gasteiger partial charge in [-0.15, -0.1) is 0 Å². The Bertz CT molecular complexity index is 491. The number of hydrogen-bond donors (Lipinski definition) is 1. The Morgan fingerprint density at radius 1 is 1.42 bits per heavy atom. The van der Waals surface area contributed by atoms with Crippen molar-refractivity contribution in [3.8, 4) is 17.6 Å². The van der Waals surface area contributed by atoms with Crippen molar-refractivity contribution in [1.29, 1.82) is 5.26 Å². The Morgan fingerprint density at radius 2 is 2.16 bits per heavy atom. The zero-order valence-electron chi connectivity index (χ0n) is 11.5. The van der Waals surface area contributed by atoms with E-state index in [4.69, 9.17) is 15.2 Å². The number of rotatable bonds is 6. The molecule has 1 atom stereocenters. The van der Waals surface area contributed by atoms with E-state index in [0.717, 1.165) is 19.3 Å². The second kappa shape index (κ2) is 5.50. The summed E-state index contributed by atoms with van der Waals surface area (Å²) in [5, 5.41) is 9.20. The van der Waals surface area contributed by atoms with Gasteiger partial charge in [-0.1, -0.05) is 13.0 Å². The lowest BCUT2D eigenvalue weighted by Gasteiger charge is -2.22. The average Bonchev–Trinajstić information content (AvgIpc) is 3.29. The van der Waals surface area contributed by atoms with Crippen molar-refractivity contribution >= 4 is 0 Å². The fourth-order valence-corrected chi connectivity index (χ4v) is 2.09. The van der Waals surface area contributed by atoms with Crippen LogP contribution in [0.25, 0.3) is 0 Å². The van der Waals surface area contributed by atoms with E-state index in [2.05, 4.69) is 13.0 Å². The number of aryl methyl sites for hydroxylation is 1. The van der Waals surface area contributed by atoms with Crippen molar-refractivity contribution in [2.24, 2.45) is 11.7 Å². The van der Waals surface area contributed by atoms with Crippen molar-refractivity contribution in [3.63, 3.8) is 0 Å². The van der Waals surface area contributed by atoms with Crippen LogP contribution in [0.2, 0.25) is 0 Å². The fraction of sp³-hybridized carbons (Fsp3) is 0.533. The molecule has 102 valence electrons. The number of hydrogen-bond acceptors (Lipinski definition) is 4. The summed E-state index contributed by atoms with van der Waals surface area (Å²) in [6.07, 6.45) is 2.97. The van der Waals surface area contributed by atoms with Crippen molar-refractivity contribution in [3.05, 3.63) is 23.8 Å². The van der Waals surface area contributed by atoms with E-state index in [-0.39, 0.29) is 12.5 Å². The minimum Gasteiger partial charge on any atom is -0.493 e. The number of nitriles is 1. The molecule has 1 aromatic carbocycles. The van der Waals surface area contributed by atoms with Gasteiger partial charge in [0.25, 0.3) is 0 Å². The molecule has 0 spiro atoms. The second-order valence-corrected chi connectivity index (χ2v) is 5.05. The fourth-order valence-electron chi connectivity index (χ4n) is 2.09. The molecule has 19 heavy (non-hydrogen) atoms. The van der Waals surface area contributed by atoms with Crippen LogP contribution < -0.4 is 15.2 Å². The quantitative estimate of drug-likeness (QED) is 0.852. The molecule has 1 aliphatic rings. The molecular formula is C15H20N2O2. The highest BCUT2D eigenvalue weighted by atomic mass is 16.5. The maximum absolute atomic E-state index is 9.20. The maximum atomic E-state index is 9.20. The third kappa shape index (κ3) is 2.99. The molecule has 2 rings (SSSR count). The van der Waals surface area contributed by atoms with Crippen LogP contribution in [-0.2, 0) is 6.42 Å². The highest BCUT2D eigenvalue weighted by Gasteiger charge is 2.43. The Labute approximate surface area is 114 Å². The summed E-state index contributed by atoms with van der Waals surface area (Å²) in [4.78, 5) is 0. The molecule has 0 heterocycles. The van der Waals surface area contributed by atoms with Gasteiger partial charge >= 0.3 is 0 Å². The Kier molecular flexibility index (Phi) is 3.96. The predicted octanol–water partition coefficient (Wildman–Crippen LogP) is 2.27. The molecule has 4 nitrogen and oxygen atoms in total. The normalized spacial score (nSPS) is 17.4. The lowest BCUT2D eigenvalue weighted by Crippen LogP contribution is -2.46. The van der Waals surface area contributed by atoms with E-state index < -0.39 is 5.54 Å². The van der Waals surface area contributed by atoms with Crippen molar-refractivity contribution < 1.29 is 9.47 Å². The van der Waals surface area contributed by atoms with E-state index >= 15 is 0 Å². The topological polar surface area (TPSA) is 68.3 Å². The molecule has 0 amide bonds. The molecule has 2 N–H and O–H groups in total. The standard InChI is InChI=1S/C15H20N2O2/c1-3-11-4-7-13(14(8-11)18-2)19-10-15(17,9-16)12-5-6-12/h4,7-8,12H,3,5-6,10,17H2,1-2H3. The first kappa shape index (κ1) is 13.7. The van der Waals surface area contributed by atoms with Crippen LogP contribution in [0.5, 0.6) is 11.5 Å². The first-order chi connectivity index (χ1) is 9.12. The SMILES string of the molecule is CCc1ccc(OCC(N)(C#N)C2CC2)c(OC)c1. The zero-order chi connectivity index (χ0) is 13.9. The van der Waals surface area contributed by atoms with Gasteiger partial charge in [0.05, 0.1) is 13.2 Å². The van der Waals surface area contributed by atoms with Crippen LogP contribution in [0.4, 0.5) is 0 Å². The Balaban J connectivity index is 2.08. The number of benzene rings is 1. The minimum absolute atomic E-state index is 0.204. The van der Waals surface area contributed by atoms with E-state index in [9.17, 15) is 5.26 Å². The molecule has 0 radical (unpaired) electrons. The first-order valence-electron chi connectivity index (χ1n) is 6.62. The lowest BCUT2D eigenvalue weighted by atomic mass is 9.98. The molecule has 1 fully saturated rings. The van der Waals surface area contributed by atoms with E-state index in [1.54, 1.807) is 7.11 Å². The van der Waals surface area contributed by atoms with Crippen LogP contribution in [0.3, 0.4) is 0 Å². The third-order valence-corrected chi connectivity index (χ3v) is 3.62. The van der Waals surface area contributed by atoms with Gasteiger partial charge < -0.3 is 15.2 Å². The Morgan fingerprint density at radius 3 is 2.68 bits per heavy atom. The smallest absolute Gasteiger partial charge is 0.161 e. The van der Waals surface area contributed by atoms with Gasteiger partial charge in [0.1, 0.15) is 12.1 Å². The van der Waals surface area contributed by atoms with Gasteiger partial charge in [0.15, 0.2) is 11.5 Å². The van der Waals surface area contributed by atoms with Gasteiger partial charge in [0, 0.05) is 0 Å². The summed E-state index contributed by atoms with van der Waals surface area (Å²) in [6, 6.07) is 8.01. The van der Waals surface area contributed by atoms with Crippen molar-refractivity contribution in [1.82, 2.24) is 0 Å². The molecule has 0 saturated heterocycles. The van der Waals surface area contributed by atoms with Gasteiger partial charge in [-0.05, 0) is 42.9 Å². The summed E-state index contributed by atoms with van der Waals surface area (Å²) in [5.41, 5.74) is 6.38. The van der Waals surface area contributed by atoms with Crippen molar-refractivity contribution in [2.75, 3.05) is 13.7 Å². The van der Waals surface area contributed by atoms with Crippen LogP contribution in [-0.4, -0.2) is 19.3 Å². The second-order valence-electron chi connectivity index (χ2n) is 5.05. The average molecular weight is 260 g/mol. The van der Waals surface area contributed by atoms with Crippen molar-refractivity contribution in [2.45, 2.75) is 31.7 Å². The van der Waals surface area contributed by atoms with E-state index in [1.807, 2.05) is 18.2 Å². The predicted molar refractivity (Wildman–Crippen MR) is 73.1 cm³/mol. The van der Waals surface area contributed by atoms with E-state index in [1.165, 1.54) is 5.56 Å². The number of methoxy groups -OCH3 is 1. The largest absolute Gasteiger partial charge is 0.493 e. The summed E-state index contributed by atoms with van der Waals surface area (Å²) < 4.78 is 11.0. The molecule has 1 unspecified atom stereocenters. The third-order valence-electron chi connectivity index (χ3n) is 3.62.